The molecule has 1 N–H and O–H groups in total. The fourth-order valence-electron chi connectivity index (χ4n) is 4.60. The molecule has 0 unspecified atom stereocenters. The van der Waals surface area contributed by atoms with Crippen LogP contribution < -0.4 is 9.64 Å². The molecule has 1 saturated heterocycles. The van der Waals surface area contributed by atoms with Crippen molar-refractivity contribution in [3.8, 4) is 17.6 Å². The molecule has 2 heterocycles. The van der Waals surface area contributed by atoms with Gasteiger partial charge in [0, 0.05) is 45.1 Å². The predicted molar refractivity (Wildman–Crippen MR) is 149 cm³/mol. The fourth-order valence-corrected chi connectivity index (χ4v) is 4.60. The van der Waals surface area contributed by atoms with Crippen LogP contribution in [-0.4, -0.2) is 52.1 Å². The van der Waals surface area contributed by atoms with Gasteiger partial charge in [-0.1, -0.05) is 55.7 Å². The Morgan fingerprint density at radius 3 is 2.24 bits per heavy atom. The van der Waals surface area contributed by atoms with Crippen molar-refractivity contribution in [3.05, 3.63) is 83.2 Å². The van der Waals surface area contributed by atoms with E-state index in [0.29, 0.717) is 6.61 Å². The van der Waals surface area contributed by atoms with Crippen molar-refractivity contribution < 1.29 is 14.6 Å². The molecule has 7 nitrogen and oxygen atoms in total. The van der Waals surface area contributed by atoms with Crippen LogP contribution in [0.15, 0.2) is 60.9 Å². The standard InChI is InChI=1S/C31H36N4O3/c1-3-5-26-20-32-31(33-21-26)35-17-15-34(16-18-35)22-24-7-9-25(10-8-24)23-38-29-13-11-27(12-14-29)28(6-4-2)19-30(36)37/h7-14,20-21,28H,3,5,15-19,22-23H2,1-2H3,(H,36,37)/t28-/m0/s1. The lowest BCUT2D eigenvalue weighted by Crippen LogP contribution is -2.46. The van der Waals surface area contributed by atoms with E-state index in [9.17, 15) is 4.79 Å². The summed E-state index contributed by atoms with van der Waals surface area (Å²) in [4.78, 5) is 25.0. The summed E-state index contributed by atoms with van der Waals surface area (Å²) in [5.74, 6) is 6.21. The third kappa shape index (κ3) is 7.80. The average molecular weight is 513 g/mol. The van der Waals surface area contributed by atoms with E-state index in [1.807, 2.05) is 36.7 Å². The number of aryl methyl sites for hydroxylation is 1. The summed E-state index contributed by atoms with van der Waals surface area (Å²) in [5.41, 5.74) is 4.47. The van der Waals surface area contributed by atoms with Gasteiger partial charge < -0.3 is 14.7 Å². The van der Waals surface area contributed by atoms with Crippen LogP contribution in [0.1, 0.15) is 54.9 Å². The molecule has 0 radical (unpaired) electrons. The smallest absolute Gasteiger partial charge is 0.304 e. The molecule has 0 bridgehead atoms. The number of ether oxygens (including phenoxy) is 1. The molecule has 0 saturated carbocycles. The Labute approximate surface area is 225 Å². The average Bonchev–Trinajstić information content (AvgIpc) is 2.94. The number of aliphatic carboxylic acids is 1. The minimum Gasteiger partial charge on any atom is -0.489 e. The van der Waals surface area contributed by atoms with E-state index in [2.05, 4.69) is 62.8 Å². The molecule has 2 aromatic carbocycles. The van der Waals surface area contributed by atoms with Crippen LogP contribution in [0.5, 0.6) is 5.75 Å². The number of carboxylic acid groups (broad SMARTS) is 1. The Balaban J connectivity index is 1.23. The summed E-state index contributed by atoms with van der Waals surface area (Å²) in [5, 5.41) is 9.12. The maximum atomic E-state index is 11.1. The molecular formula is C31H36N4O3. The van der Waals surface area contributed by atoms with Gasteiger partial charge in [-0.25, -0.2) is 9.97 Å². The number of aromatic nitrogens is 2. The fraction of sp³-hybridized carbons (Fsp3) is 0.387. The number of anilines is 1. The van der Waals surface area contributed by atoms with Crippen LogP contribution in [0.25, 0.3) is 0 Å². The summed E-state index contributed by atoms with van der Waals surface area (Å²) >= 11 is 0. The van der Waals surface area contributed by atoms with Crippen LogP contribution >= 0.6 is 0 Å². The number of carbonyl (C=O) groups is 1. The maximum absolute atomic E-state index is 11.1. The van der Waals surface area contributed by atoms with E-state index in [1.165, 1.54) is 11.1 Å². The summed E-state index contributed by atoms with van der Waals surface area (Å²) < 4.78 is 5.95. The molecule has 1 aliphatic rings. The van der Waals surface area contributed by atoms with Crippen LogP contribution in [-0.2, 0) is 24.4 Å². The van der Waals surface area contributed by atoms with Gasteiger partial charge in [0.1, 0.15) is 12.4 Å². The second-order valence-electron chi connectivity index (χ2n) is 9.62. The van der Waals surface area contributed by atoms with Crippen molar-refractivity contribution in [2.24, 2.45) is 0 Å². The lowest BCUT2D eigenvalue weighted by atomic mass is 9.96. The first-order chi connectivity index (χ1) is 18.5. The molecule has 198 valence electrons. The van der Waals surface area contributed by atoms with E-state index >= 15 is 0 Å². The molecule has 1 aliphatic heterocycles. The van der Waals surface area contributed by atoms with Crippen molar-refractivity contribution in [2.45, 2.75) is 52.2 Å². The van der Waals surface area contributed by atoms with E-state index in [-0.39, 0.29) is 12.3 Å². The number of hydrogen-bond donors (Lipinski definition) is 1. The monoisotopic (exact) mass is 512 g/mol. The van der Waals surface area contributed by atoms with E-state index in [0.717, 1.165) is 68.4 Å². The highest BCUT2D eigenvalue weighted by molar-refractivity contribution is 5.69. The highest BCUT2D eigenvalue weighted by Gasteiger charge is 2.19. The maximum Gasteiger partial charge on any atom is 0.304 e. The van der Waals surface area contributed by atoms with Gasteiger partial charge in [-0.3, -0.25) is 9.69 Å². The van der Waals surface area contributed by atoms with E-state index in [1.54, 1.807) is 6.92 Å². The summed E-state index contributed by atoms with van der Waals surface area (Å²) in [7, 11) is 0. The van der Waals surface area contributed by atoms with Gasteiger partial charge in [0.05, 0.1) is 12.3 Å². The highest BCUT2D eigenvalue weighted by Crippen LogP contribution is 2.23. The normalized spacial score (nSPS) is 14.4. The summed E-state index contributed by atoms with van der Waals surface area (Å²) in [6, 6.07) is 16.1. The van der Waals surface area contributed by atoms with Gasteiger partial charge in [0.25, 0.3) is 0 Å². The number of rotatable bonds is 11. The van der Waals surface area contributed by atoms with Gasteiger partial charge in [0.15, 0.2) is 0 Å². The molecule has 1 atom stereocenters. The topological polar surface area (TPSA) is 78.8 Å². The van der Waals surface area contributed by atoms with Gasteiger partial charge in [-0.2, -0.15) is 0 Å². The minimum atomic E-state index is -0.855. The molecule has 7 heteroatoms. The first-order valence-corrected chi connectivity index (χ1v) is 13.3. The SMILES string of the molecule is CC#C[C@@H](CC(=O)O)c1ccc(OCc2ccc(CN3CCN(c4ncc(CCC)cn4)CC3)cc2)cc1. The Morgan fingerprint density at radius 2 is 1.63 bits per heavy atom. The first kappa shape index (κ1) is 27.2. The first-order valence-electron chi connectivity index (χ1n) is 13.3. The van der Waals surface area contributed by atoms with Gasteiger partial charge in [-0.15, -0.1) is 5.92 Å². The Bertz CT molecular complexity index is 1220. The number of benzene rings is 2. The second kappa shape index (κ2) is 13.6. The van der Waals surface area contributed by atoms with Crippen molar-refractivity contribution in [1.29, 1.82) is 0 Å². The molecule has 0 spiro atoms. The molecule has 38 heavy (non-hydrogen) atoms. The van der Waals surface area contributed by atoms with Gasteiger partial charge >= 0.3 is 5.97 Å². The van der Waals surface area contributed by atoms with Crippen molar-refractivity contribution in [2.75, 3.05) is 31.1 Å². The zero-order valence-electron chi connectivity index (χ0n) is 22.3. The van der Waals surface area contributed by atoms with Gasteiger partial charge in [0.2, 0.25) is 5.95 Å². The molecule has 0 aliphatic carbocycles. The van der Waals surface area contributed by atoms with Crippen LogP contribution in [0.4, 0.5) is 5.95 Å². The van der Waals surface area contributed by atoms with Crippen LogP contribution in [0, 0.1) is 11.8 Å². The van der Waals surface area contributed by atoms with Crippen LogP contribution in [0.2, 0.25) is 0 Å². The Morgan fingerprint density at radius 1 is 0.974 bits per heavy atom. The number of piperazine rings is 1. The molecular weight excluding hydrogens is 476 g/mol. The minimum absolute atomic E-state index is 0.00952. The largest absolute Gasteiger partial charge is 0.489 e. The summed E-state index contributed by atoms with van der Waals surface area (Å²) in [6.45, 7) is 9.12. The number of nitrogens with zero attached hydrogens (tertiary/aromatic N) is 4. The zero-order valence-corrected chi connectivity index (χ0v) is 22.3. The molecule has 4 rings (SSSR count). The molecule has 1 fully saturated rings. The lowest BCUT2D eigenvalue weighted by molar-refractivity contribution is -0.137. The third-order valence-electron chi connectivity index (χ3n) is 6.70. The molecule has 3 aromatic rings. The van der Waals surface area contributed by atoms with Crippen molar-refractivity contribution in [3.63, 3.8) is 0 Å². The third-order valence-corrected chi connectivity index (χ3v) is 6.70. The highest BCUT2D eigenvalue weighted by atomic mass is 16.5. The lowest BCUT2D eigenvalue weighted by Gasteiger charge is -2.34. The predicted octanol–water partition coefficient (Wildman–Crippen LogP) is 4.91. The van der Waals surface area contributed by atoms with E-state index < -0.39 is 5.97 Å². The summed E-state index contributed by atoms with van der Waals surface area (Å²) in [6.07, 6.45) is 6.04. The van der Waals surface area contributed by atoms with E-state index in [4.69, 9.17) is 9.84 Å². The Hall–Kier alpha value is -3.89. The quantitative estimate of drug-likeness (QED) is 0.366. The number of carboxylic acids is 1. The van der Waals surface area contributed by atoms with Gasteiger partial charge in [-0.05, 0) is 47.7 Å². The molecule has 0 amide bonds. The second-order valence-corrected chi connectivity index (χ2v) is 9.62. The zero-order chi connectivity index (χ0) is 26.7. The Kier molecular flexibility index (Phi) is 9.71. The molecule has 1 aromatic heterocycles. The van der Waals surface area contributed by atoms with Crippen molar-refractivity contribution >= 4 is 11.9 Å². The number of hydrogen-bond acceptors (Lipinski definition) is 6. The van der Waals surface area contributed by atoms with Crippen LogP contribution in [0.3, 0.4) is 0 Å². The van der Waals surface area contributed by atoms with Crippen molar-refractivity contribution in [1.82, 2.24) is 14.9 Å².